The van der Waals surface area contributed by atoms with Crippen LogP contribution in [0.2, 0.25) is 5.02 Å². The van der Waals surface area contributed by atoms with E-state index in [0.717, 1.165) is 0 Å². The summed E-state index contributed by atoms with van der Waals surface area (Å²) in [6, 6.07) is 3.08. The Morgan fingerprint density at radius 2 is 2.32 bits per heavy atom. The molecular weight excluding hydrogens is 310 g/mol. The van der Waals surface area contributed by atoms with Gasteiger partial charge in [-0.2, -0.15) is 9.78 Å². The summed E-state index contributed by atoms with van der Waals surface area (Å²) in [5, 5.41) is 20.2. The highest BCUT2D eigenvalue weighted by Crippen LogP contribution is 2.29. The largest absolute Gasteiger partial charge is 0.496 e. The Balaban J connectivity index is 1.98. The molecule has 10 heteroatoms. The van der Waals surface area contributed by atoms with Gasteiger partial charge in [-0.25, -0.2) is 0 Å². The number of anilines is 1. The van der Waals surface area contributed by atoms with Gasteiger partial charge in [-0.1, -0.05) is 11.6 Å². The van der Waals surface area contributed by atoms with Crippen LogP contribution in [0.1, 0.15) is 10.4 Å². The van der Waals surface area contributed by atoms with Gasteiger partial charge in [0.1, 0.15) is 12.1 Å². The number of nitrogens with one attached hydrogen (secondary N) is 2. The van der Waals surface area contributed by atoms with Crippen molar-refractivity contribution in [2.45, 2.75) is 0 Å². The fourth-order valence-electron chi connectivity index (χ4n) is 1.85. The van der Waals surface area contributed by atoms with E-state index < -0.39 is 0 Å². The molecule has 1 amide bonds. The van der Waals surface area contributed by atoms with Gasteiger partial charge in [-0.3, -0.25) is 9.89 Å². The van der Waals surface area contributed by atoms with Gasteiger partial charge in [0.15, 0.2) is 0 Å². The predicted octanol–water partition coefficient (Wildman–Crippen LogP) is 1.30. The highest BCUT2D eigenvalue weighted by molar-refractivity contribution is 6.33. The molecule has 2 aromatic heterocycles. The van der Waals surface area contributed by atoms with Crippen LogP contribution in [0.15, 0.2) is 30.9 Å². The number of tetrazole rings is 1. The average Bonchev–Trinajstić information content (AvgIpc) is 3.20. The van der Waals surface area contributed by atoms with Crippen LogP contribution in [0, 0.1) is 0 Å². The lowest BCUT2D eigenvalue weighted by Crippen LogP contribution is -2.13. The van der Waals surface area contributed by atoms with Crippen molar-refractivity contribution < 1.29 is 9.53 Å². The third-order valence-electron chi connectivity index (χ3n) is 2.87. The number of benzene rings is 1. The van der Waals surface area contributed by atoms with E-state index >= 15 is 0 Å². The van der Waals surface area contributed by atoms with Crippen molar-refractivity contribution in [2.75, 3.05) is 12.4 Å². The first-order valence-corrected chi connectivity index (χ1v) is 6.48. The molecule has 0 aliphatic rings. The minimum absolute atomic E-state index is 0.283. The molecule has 0 aliphatic heterocycles. The Kier molecular flexibility index (Phi) is 3.71. The van der Waals surface area contributed by atoms with Gasteiger partial charge < -0.3 is 10.1 Å². The number of hydrogen-bond acceptors (Lipinski definition) is 6. The molecule has 0 saturated heterocycles. The summed E-state index contributed by atoms with van der Waals surface area (Å²) in [7, 11) is 1.46. The van der Waals surface area contributed by atoms with Crippen molar-refractivity contribution in [3.8, 4) is 11.4 Å². The molecule has 0 radical (unpaired) electrons. The molecule has 3 rings (SSSR count). The molecule has 22 heavy (non-hydrogen) atoms. The molecule has 2 N–H and O–H groups in total. The number of aromatic amines is 1. The van der Waals surface area contributed by atoms with Crippen molar-refractivity contribution in [2.24, 2.45) is 0 Å². The molecule has 1 aromatic carbocycles. The number of carbonyl (C=O) groups is 1. The second kappa shape index (κ2) is 5.82. The maximum atomic E-state index is 12.3. The van der Waals surface area contributed by atoms with Gasteiger partial charge >= 0.3 is 0 Å². The van der Waals surface area contributed by atoms with Crippen molar-refractivity contribution in [1.29, 1.82) is 0 Å². The molecule has 112 valence electrons. The molecule has 2 heterocycles. The minimum Gasteiger partial charge on any atom is -0.496 e. The van der Waals surface area contributed by atoms with Gasteiger partial charge in [0.2, 0.25) is 0 Å². The summed E-state index contributed by atoms with van der Waals surface area (Å²) in [4.78, 5) is 12.3. The highest BCUT2D eigenvalue weighted by Gasteiger charge is 2.17. The van der Waals surface area contributed by atoms with Gasteiger partial charge in [-0.05, 0) is 16.5 Å². The lowest BCUT2D eigenvalue weighted by atomic mass is 10.1. The van der Waals surface area contributed by atoms with Crippen molar-refractivity contribution in [3.63, 3.8) is 0 Å². The molecule has 9 nitrogen and oxygen atoms in total. The number of ether oxygens (including phenoxy) is 1. The molecule has 0 fully saturated rings. The van der Waals surface area contributed by atoms with Gasteiger partial charge in [0.05, 0.1) is 35.3 Å². The Hall–Kier alpha value is -2.94. The van der Waals surface area contributed by atoms with Crippen LogP contribution in [0.5, 0.6) is 5.75 Å². The van der Waals surface area contributed by atoms with Crippen LogP contribution < -0.4 is 10.1 Å². The summed E-state index contributed by atoms with van der Waals surface area (Å²) in [6.45, 7) is 0. The molecule has 3 aromatic rings. The fourth-order valence-corrected chi connectivity index (χ4v) is 2.10. The number of amides is 1. The molecule has 0 unspecified atom stereocenters. The summed E-state index contributed by atoms with van der Waals surface area (Å²) in [5.74, 6) is -0.0284. The average molecular weight is 320 g/mol. The third kappa shape index (κ3) is 2.61. The molecule has 0 atom stereocenters. The van der Waals surface area contributed by atoms with E-state index in [1.54, 1.807) is 12.3 Å². The second-order valence-electron chi connectivity index (χ2n) is 4.20. The monoisotopic (exact) mass is 319 g/mol. The number of methoxy groups -OCH3 is 1. The Labute approximate surface area is 129 Å². The van der Waals surface area contributed by atoms with E-state index in [1.165, 1.54) is 30.4 Å². The first-order valence-electron chi connectivity index (χ1n) is 6.10. The molecule has 0 bridgehead atoms. The zero-order valence-electron chi connectivity index (χ0n) is 11.3. The summed E-state index contributed by atoms with van der Waals surface area (Å²) >= 11 is 6.21. The molecule has 0 spiro atoms. The maximum absolute atomic E-state index is 12.3. The summed E-state index contributed by atoms with van der Waals surface area (Å²) < 4.78 is 6.63. The third-order valence-corrected chi connectivity index (χ3v) is 3.17. The van der Waals surface area contributed by atoms with Gasteiger partial charge in [-0.15, -0.1) is 5.10 Å². The van der Waals surface area contributed by atoms with Crippen LogP contribution in [-0.4, -0.2) is 43.4 Å². The Morgan fingerprint density at radius 1 is 1.45 bits per heavy atom. The minimum atomic E-state index is -0.372. The van der Waals surface area contributed by atoms with Crippen molar-refractivity contribution in [1.82, 2.24) is 30.4 Å². The quantitative estimate of drug-likeness (QED) is 0.750. The predicted molar refractivity (Wildman–Crippen MR) is 77.3 cm³/mol. The summed E-state index contributed by atoms with van der Waals surface area (Å²) in [6.07, 6.45) is 4.44. The first kappa shape index (κ1) is 14.0. The van der Waals surface area contributed by atoms with Crippen LogP contribution >= 0.6 is 11.6 Å². The van der Waals surface area contributed by atoms with E-state index in [0.29, 0.717) is 22.1 Å². The Bertz CT molecular complexity index is 786. The standard InChI is InChI=1S/C12H10ClN7O2/c1-22-11-3-10(20-6-16-18-19-20)9(13)2-8(11)12(21)17-7-4-14-15-5-7/h2-6H,1H3,(H,14,15)(H,17,21). The maximum Gasteiger partial charge on any atom is 0.259 e. The molecule has 0 saturated carbocycles. The zero-order valence-corrected chi connectivity index (χ0v) is 12.1. The van der Waals surface area contributed by atoms with Crippen molar-refractivity contribution >= 4 is 23.2 Å². The number of halogens is 1. The summed E-state index contributed by atoms with van der Waals surface area (Å²) in [5.41, 5.74) is 1.32. The molecule has 0 aliphatic carbocycles. The topological polar surface area (TPSA) is 111 Å². The van der Waals surface area contributed by atoms with E-state index in [-0.39, 0.29) is 11.5 Å². The van der Waals surface area contributed by atoms with Gasteiger partial charge in [0, 0.05) is 12.3 Å². The SMILES string of the molecule is COc1cc(-n2cnnn2)c(Cl)cc1C(=O)Nc1cn[nH]c1. The second-order valence-corrected chi connectivity index (χ2v) is 4.61. The van der Waals surface area contributed by atoms with Gasteiger partial charge in [0.25, 0.3) is 5.91 Å². The lowest BCUT2D eigenvalue weighted by molar-refractivity contribution is 0.102. The lowest BCUT2D eigenvalue weighted by Gasteiger charge is -2.11. The van der Waals surface area contributed by atoms with Crippen molar-refractivity contribution in [3.05, 3.63) is 41.4 Å². The smallest absolute Gasteiger partial charge is 0.259 e. The number of carbonyl (C=O) groups excluding carboxylic acids is 1. The van der Waals surface area contributed by atoms with E-state index in [9.17, 15) is 4.79 Å². The van der Waals surface area contributed by atoms with E-state index in [1.807, 2.05) is 0 Å². The number of aromatic nitrogens is 6. The number of hydrogen-bond donors (Lipinski definition) is 2. The first-order chi connectivity index (χ1) is 10.7. The normalized spacial score (nSPS) is 10.5. The van der Waals surface area contributed by atoms with Crippen LogP contribution in [0.4, 0.5) is 5.69 Å². The number of H-pyrrole nitrogens is 1. The Morgan fingerprint density at radius 3 is 2.95 bits per heavy atom. The highest BCUT2D eigenvalue weighted by atomic mass is 35.5. The number of rotatable bonds is 4. The zero-order chi connectivity index (χ0) is 15.5. The van der Waals surface area contributed by atoms with E-state index in [2.05, 4.69) is 31.0 Å². The van der Waals surface area contributed by atoms with E-state index in [4.69, 9.17) is 16.3 Å². The fraction of sp³-hybridized carbons (Fsp3) is 0.0833. The van der Waals surface area contributed by atoms with Crippen LogP contribution in [0.25, 0.3) is 5.69 Å². The van der Waals surface area contributed by atoms with Crippen LogP contribution in [0.3, 0.4) is 0 Å². The van der Waals surface area contributed by atoms with Crippen LogP contribution in [-0.2, 0) is 0 Å². The number of nitrogens with zero attached hydrogens (tertiary/aromatic N) is 5. The molecular formula is C12H10ClN7O2.